The van der Waals surface area contributed by atoms with E-state index in [0.717, 1.165) is 55.1 Å². The zero-order chi connectivity index (χ0) is 16.9. The molecule has 2 heterocycles. The predicted octanol–water partition coefficient (Wildman–Crippen LogP) is 2.68. The lowest BCUT2D eigenvalue weighted by molar-refractivity contribution is 0.312. The van der Waals surface area contributed by atoms with Crippen LogP contribution in [0.25, 0.3) is 0 Å². The normalized spacial score (nSPS) is 15.4. The Morgan fingerprint density at radius 3 is 2.46 bits per heavy atom. The van der Waals surface area contributed by atoms with E-state index < -0.39 is 0 Å². The molecule has 0 amide bonds. The second-order valence-corrected chi connectivity index (χ2v) is 6.03. The summed E-state index contributed by atoms with van der Waals surface area (Å²) >= 11 is 0. The van der Waals surface area contributed by atoms with Gasteiger partial charge in [-0.1, -0.05) is 0 Å². The summed E-state index contributed by atoms with van der Waals surface area (Å²) in [5.41, 5.74) is 0.987. The second kappa shape index (κ2) is 7.49. The largest absolute Gasteiger partial charge is 0.494 e. The first-order valence-corrected chi connectivity index (χ1v) is 8.43. The van der Waals surface area contributed by atoms with Gasteiger partial charge in [0.2, 0.25) is 0 Å². The van der Waals surface area contributed by atoms with E-state index in [2.05, 4.69) is 32.1 Å². The molecule has 0 spiro atoms. The topological polar surface area (TPSA) is 53.5 Å². The highest BCUT2D eigenvalue weighted by molar-refractivity contribution is 5.60. The Hall–Kier alpha value is -2.34. The standard InChI is InChI=1S/C18H25N5O/c1-4-24-16-7-5-15(6-8-16)21-17-13-18(20-14(2)19-17)23-11-9-22(3)10-12-23/h5-8,13H,4,9-12H2,1-3H3,(H,19,20,21). The van der Waals surface area contributed by atoms with E-state index >= 15 is 0 Å². The first kappa shape index (κ1) is 16.5. The molecule has 1 aliphatic rings. The van der Waals surface area contributed by atoms with Crippen LogP contribution in [0, 0.1) is 6.92 Å². The quantitative estimate of drug-likeness (QED) is 0.911. The lowest BCUT2D eigenvalue weighted by Crippen LogP contribution is -2.44. The van der Waals surface area contributed by atoms with Crippen molar-refractivity contribution in [1.29, 1.82) is 0 Å². The smallest absolute Gasteiger partial charge is 0.136 e. The third-order valence-corrected chi connectivity index (χ3v) is 4.09. The summed E-state index contributed by atoms with van der Waals surface area (Å²) in [6.07, 6.45) is 0. The predicted molar refractivity (Wildman–Crippen MR) is 97.4 cm³/mol. The summed E-state index contributed by atoms with van der Waals surface area (Å²) in [5.74, 6) is 3.46. The van der Waals surface area contributed by atoms with Gasteiger partial charge < -0.3 is 19.9 Å². The van der Waals surface area contributed by atoms with E-state index in [-0.39, 0.29) is 0 Å². The minimum absolute atomic E-state index is 0.673. The van der Waals surface area contributed by atoms with Gasteiger partial charge >= 0.3 is 0 Å². The van der Waals surface area contributed by atoms with Crippen molar-refractivity contribution >= 4 is 17.3 Å². The highest BCUT2D eigenvalue weighted by Gasteiger charge is 2.16. The number of nitrogens with zero attached hydrogens (tertiary/aromatic N) is 4. The van der Waals surface area contributed by atoms with Gasteiger partial charge in [0.1, 0.15) is 23.2 Å². The summed E-state index contributed by atoms with van der Waals surface area (Å²) < 4.78 is 5.47. The highest BCUT2D eigenvalue weighted by Crippen LogP contribution is 2.22. The van der Waals surface area contributed by atoms with E-state index in [9.17, 15) is 0 Å². The Balaban J connectivity index is 1.73. The molecule has 1 aromatic carbocycles. The molecular formula is C18H25N5O. The maximum atomic E-state index is 5.47. The van der Waals surface area contributed by atoms with Gasteiger partial charge in [-0.3, -0.25) is 0 Å². The van der Waals surface area contributed by atoms with Gasteiger partial charge in [-0.25, -0.2) is 9.97 Å². The number of hydrogen-bond donors (Lipinski definition) is 1. The SMILES string of the molecule is CCOc1ccc(Nc2cc(N3CCN(C)CC3)nc(C)n2)cc1. The molecule has 128 valence electrons. The Kier molecular flexibility index (Phi) is 5.15. The average Bonchev–Trinajstić information content (AvgIpc) is 2.57. The first-order chi connectivity index (χ1) is 11.6. The van der Waals surface area contributed by atoms with Gasteiger partial charge in [-0.05, 0) is 45.2 Å². The van der Waals surface area contributed by atoms with Crippen molar-refractivity contribution in [3.63, 3.8) is 0 Å². The second-order valence-electron chi connectivity index (χ2n) is 6.03. The zero-order valence-electron chi connectivity index (χ0n) is 14.6. The number of nitrogens with one attached hydrogen (secondary N) is 1. The fourth-order valence-corrected chi connectivity index (χ4v) is 2.76. The van der Waals surface area contributed by atoms with Gasteiger partial charge in [-0.2, -0.15) is 0 Å². The van der Waals surface area contributed by atoms with E-state index in [1.165, 1.54) is 0 Å². The summed E-state index contributed by atoms with van der Waals surface area (Å²) in [5, 5.41) is 3.36. The van der Waals surface area contributed by atoms with Crippen LogP contribution in [0.2, 0.25) is 0 Å². The maximum Gasteiger partial charge on any atom is 0.136 e. The first-order valence-electron chi connectivity index (χ1n) is 8.43. The number of aromatic nitrogens is 2. The van der Waals surface area contributed by atoms with Crippen LogP contribution in [-0.4, -0.2) is 54.7 Å². The monoisotopic (exact) mass is 327 g/mol. The van der Waals surface area contributed by atoms with Crippen molar-refractivity contribution in [3.05, 3.63) is 36.2 Å². The molecule has 0 unspecified atom stereocenters. The van der Waals surface area contributed by atoms with Gasteiger partial charge in [0, 0.05) is 37.9 Å². The molecular weight excluding hydrogens is 302 g/mol. The fraction of sp³-hybridized carbons (Fsp3) is 0.444. The minimum atomic E-state index is 0.673. The lowest BCUT2D eigenvalue weighted by Gasteiger charge is -2.33. The fourth-order valence-electron chi connectivity index (χ4n) is 2.76. The molecule has 0 aliphatic carbocycles. The van der Waals surface area contributed by atoms with Gasteiger partial charge in [0.05, 0.1) is 6.61 Å². The van der Waals surface area contributed by atoms with E-state index in [1.54, 1.807) is 0 Å². The van der Waals surface area contributed by atoms with Crippen molar-refractivity contribution in [1.82, 2.24) is 14.9 Å². The molecule has 1 saturated heterocycles. The number of likely N-dealkylation sites (N-methyl/N-ethyl adjacent to an activating group) is 1. The molecule has 6 nitrogen and oxygen atoms in total. The molecule has 0 atom stereocenters. The molecule has 1 aliphatic heterocycles. The zero-order valence-corrected chi connectivity index (χ0v) is 14.6. The molecule has 6 heteroatoms. The molecule has 1 N–H and O–H groups in total. The molecule has 1 aromatic heterocycles. The number of benzene rings is 1. The van der Waals surface area contributed by atoms with Crippen LogP contribution in [0.15, 0.2) is 30.3 Å². The summed E-state index contributed by atoms with van der Waals surface area (Å²) in [4.78, 5) is 13.8. The summed E-state index contributed by atoms with van der Waals surface area (Å²) in [6.45, 7) is 8.70. The van der Waals surface area contributed by atoms with Crippen LogP contribution >= 0.6 is 0 Å². The van der Waals surface area contributed by atoms with Crippen molar-refractivity contribution in [3.8, 4) is 5.75 Å². The van der Waals surface area contributed by atoms with Gasteiger partial charge in [0.25, 0.3) is 0 Å². The Labute approximate surface area is 143 Å². The summed E-state index contributed by atoms with van der Waals surface area (Å²) in [7, 11) is 2.15. The molecule has 0 bridgehead atoms. The third kappa shape index (κ3) is 4.14. The van der Waals surface area contributed by atoms with E-state index in [1.807, 2.05) is 44.2 Å². The number of rotatable bonds is 5. The number of piperazine rings is 1. The minimum Gasteiger partial charge on any atom is -0.494 e. The summed E-state index contributed by atoms with van der Waals surface area (Å²) in [6, 6.07) is 9.94. The van der Waals surface area contributed by atoms with E-state index in [4.69, 9.17) is 4.74 Å². The number of anilines is 3. The Morgan fingerprint density at radius 2 is 1.79 bits per heavy atom. The Morgan fingerprint density at radius 1 is 1.08 bits per heavy atom. The van der Waals surface area contributed by atoms with Crippen molar-refractivity contribution in [2.24, 2.45) is 0 Å². The highest BCUT2D eigenvalue weighted by atomic mass is 16.5. The number of hydrogen-bond acceptors (Lipinski definition) is 6. The molecule has 3 rings (SSSR count). The van der Waals surface area contributed by atoms with Crippen LogP contribution in [0.5, 0.6) is 5.75 Å². The van der Waals surface area contributed by atoms with Gasteiger partial charge in [0.15, 0.2) is 0 Å². The van der Waals surface area contributed by atoms with Crippen molar-refractivity contribution < 1.29 is 4.74 Å². The molecule has 0 saturated carbocycles. The van der Waals surface area contributed by atoms with Crippen LogP contribution in [-0.2, 0) is 0 Å². The number of aryl methyl sites for hydroxylation is 1. The van der Waals surface area contributed by atoms with Crippen molar-refractivity contribution in [2.75, 3.05) is 50.1 Å². The van der Waals surface area contributed by atoms with Crippen LogP contribution in [0.1, 0.15) is 12.7 Å². The molecule has 0 radical (unpaired) electrons. The van der Waals surface area contributed by atoms with Crippen LogP contribution < -0.4 is 15.0 Å². The average molecular weight is 327 g/mol. The Bertz CT molecular complexity index is 666. The molecule has 1 fully saturated rings. The van der Waals surface area contributed by atoms with Gasteiger partial charge in [-0.15, -0.1) is 0 Å². The van der Waals surface area contributed by atoms with Crippen molar-refractivity contribution in [2.45, 2.75) is 13.8 Å². The lowest BCUT2D eigenvalue weighted by atomic mass is 10.3. The van der Waals surface area contributed by atoms with E-state index in [0.29, 0.717) is 6.61 Å². The third-order valence-electron chi connectivity index (χ3n) is 4.09. The van der Waals surface area contributed by atoms with Crippen LogP contribution in [0.4, 0.5) is 17.3 Å². The van der Waals surface area contributed by atoms with Crippen LogP contribution in [0.3, 0.4) is 0 Å². The molecule has 24 heavy (non-hydrogen) atoms. The maximum absolute atomic E-state index is 5.47. The number of ether oxygens (including phenoxy) is 1. The molecule has 2 aromatic rings.